The smallest absolute Gasteiger partial charge is 0.251 e. The van der Waals surface area contributed by atoms with Gasteiger partial charge in [0.25, 0.3) is 5.91 Å². The number of amides is 1. The van der Waals surface area contributed by atoms with E-state index >= 15 is 0 Å². The summed E-state index contributed by atoms with van der Waals surface area (Å²) in [5.41, 5.74) is 4.59. The number of nitrogens with one attached hydrogen (secondary N) is 2. The molecule has 1 aliphatic carbocycles. The lowest BCUT2D eigenvalue weighted by Gasteiger charge is -2.15. The summed E-state index contributed by atoms with van der Waals surface area (Å²) in [7, 11) is 0. The Bertz CT molecular complexity index is 648. The zero-order valence-electron chi connectivity index (χ0n) is 12.2. The van der Waals surface area contributed by atoms with E-state index in [0.29, 0.717) is 11.6 Å². The molecule has 2 aromatic rings. The van der Waals surface area contributed by atoms with Gasteiger partial charge in [0, 0.05) is 22.2 Å². The summed E-state index contributed by atoms with van der Waals surface area (Å²) in [5, 5.41) is 6.45. The quantitative estimate of drug-likeness (QED) is 0.888. The van der Waals surface area contributed by atoms with Crippen LogP contribution >= 0.6 is 11.3 Å². The highest BCUT2D eigenvalue weighted by atomic mass is 32.1. The third kappa shape index (κ3) is 3.42. The molecule has 1 atom stereocenters. The molecule has 0 bridgehead atoms. The molecular weight excluding hydrogens is 282 g/mol. The van der Waals surface area contributed by atoms with Gasteiger partial charge < -0.3 is 10.6 Å². The standard InChI is InChI=1S/C16H19N3OS/c1-10-15(21-9-17-10)11(2)18-14-5-3-4-12(8-14)16(20)19-13-6-7-13/h3-5,8-9,11,13,18H,6-7H2,1-2H3,(H,19,20). The molecule has 1 aliphatic rings. The maximum Gasteiger partial charge on any atom is 0.251 e. The Kier molecular flexibility index (Phi) is 3.92. The lowest BCUT2D eigenvalue weighted by molar-refractivity contribution is 0.0951. The van der Waals surface area contributed by atoms with Gasteiger partial charge in [-0.25, -0.2) is 4.98 Å². The van der Waals surface area contributed by atoms with E-state index < -0.39 is 0 Å². The summed E-state index contributed by atoms with van der Waals surface area (Å²) in [5.74, 6) is 0.0165. The molecule has 5 heteroatoms. The molecule has 1 heterocycles. The molecule has 0 spiro atoms. The first-order valence-electron chi connectivity index (χ1n) is 7.21. The van der Waals surface area contributed by atoms with Gasteiger partial charge >= 0.3 is 0 Å². The van der Waals surface area contributed by atoms with E-state index in [-0.39, 0.29) is 11.9 Å². The second kappa shape index (κ2) is 5.85. The second-order valence-corrected chi connectivity index (χ2v) is 6.38. The predicted molar refractivity (Wildman–Crippen MR) is 85.8 cm³/mol. The van der Waals surface area contributed by atoms with Crippen molar-refractivity contribution in [2.75, 3.05) is 5.32 Å². The highest BCUT2D eigenvalue weighted by Gasteiger charge is 2.23. The number of nitrogens with zero attached hydrogens (tertiary/aromatic N) is 1. The van der Waals surface area contributed by atoms with Crippen LogP contribution in [0.1, 0.15) is 46.7 Å². The van der Waals surface area contributed by atoms with Crippen LogP contribution in [0.25, 0.3) is 0 Å². The van der Waals surface area contributed by atoms with Crippen molar-refractivity contribution in [2.24, 2.45) is 0 Å². The van der Waals surface area contributed by atoms with Gasteiger partial charge in [0.1, 0.15) is 0 Å². The van der Waals surface area contributed by atoms with Crippen LogP contribution in [0.2, 0.25) is 0 Å². The third-order valence-electron chi connectivity index (χ3n) is 3.60. The molecule has 0 saturated heterocycles. The molecule has 21 heavy (non-hydrogen) atoms. The summed E-state index contributed by atoms with van der Waals surface area (Å²) >= 11 is 1.65. The highest BCUT2D eigenvalue weighted by molar-refractivity contribution is 7.09. The fourth-order valence-electron chi connectivity index (χ4n) is 2.29. The summed E-state index contributed by atoms with van der Waals surface area (Å²) in [6.07, 6.45) is 2.21. The van der Waals surface area contributed by atoms with Crippen LogP contribution in [0.5, 0.6) is 0 Å². The van der Waals surface area contributed by atoms with E-state index in [1.54, 1.807) is 11.3 Å². The summed E-state index contributed by atoms with van der Waals surface area (Å²) in [6.45, 7) is 4.13. The van der Waals surface area contributed by atoms with Crippen LogP contribution in [-0.2, 0) is 0 Å². The lowest BCUT2D eigenvalue weighted by atomic mass is 10.1. The number of hydrogen-bond acceptors (Lipinski definition) is 4. The van der Waals surface area contributed by atoms with Crippen LogP contribution in [0.3, 0.4) is 0 Å². The normalized spacial score (nSPS) is 15.5. The first kappa shape index (κ1) is 14.1. The van der Waals surface area contributed by atoms with Crippen LogP contribution < -0.4 is 10.6 Å². The van der Waals surface area contributed by atoms with Crippen molar-refractivity contribution in [3.05, 3.63) is 45.9 Å². The molecule has 2 N–H and O–H groups in total. The van der Waals surface area contributed by atoms with Gasteiger partial charge in [0.2, 0.25) is 0 Å². The molecule has 1 amide bonds. The number of benzene rings is 1. The van der Waals surface area contributed by atoms with Crippen molar-refractivity contribution in [1.82, 2.24) is 10.3 Å². The zero-order valence-corrected chi connectivity index (χ0v) is 13.0. The zero-order chi connectivity index (χ0) is 14.8. The second-order valence-electron chi connectivity index (χ2n) is 5.50. The van der Waals surface area contributed by atoms with Crippen molar-refractivity contribution in [3.63, 3.8) is 0 Å². The topological polar surface area (TPSA) is 54.0 Å². The minimum atomic E-state index is 0.0165. The molecule has 3 rings (SSSR count). The molecule has 0 radical (unpaired) electrons. The minimum Gasteiger partial charge on any atom is -0.378 e. The Morgan fingerprint density at radius 1 is 1.43 bits per heavy atom. The Morgan fingerprint density at radius 3 is 2.90 bits per heavy atom. The molecular formula is C16H19N3OS. The largest absolute Gasteiger partial charge is 0.378 e. The van der Waals surface area contributed by atoms with Gasteiger partial charge in [-0.3, -0.25) is 4.79 Å². The average molecular weight is 301 g/mol. The van der Waals surface area contributed by atoms with Gasteiger partial charge in [-0.05, 0) is 44.9 Å². The molecule has 110 valence electrons. The molecule has 0 aliphatic heterocycles. The summed E-state index contributed by atoms with van der Waals surface area (Å²) < 4.78 is 0. The molecule has 1 unspecified atom stereocenters. The predicted octanol–water partition coefficient (Wildman–Crippen LogP) is 3.52. The summed E-state index contributed by atoms with van der Waals surface area (Å²) in [4.78, 5) is 17.6. The fourth-order valence-corrected chi connectivity index (χ4v) is 3.10. The first-order chi connectivity index (χ1) is 10.1. The van der Waals surface area contributed by atoms with Crippen LogP contribution in [0, 0.1) is 6.92 Å². The van der Waals surface area contributed by atoms with Crippen LogP contribution in [-0.4, -0.2) is 16.9 Å². The Hall–Kier alpha value is -1.88. The molecule has 1 aromatic carbocycles. The molecule has 1 fully saturated rings. The average Bonchev–Trinajstić information content (AvgIpc) is 3.17. The first-order valence-corrected chi connectivity index (χ1v) is 8.09. The fraction of sp³-hybridized carbons (Fsp3) is 0.375. The monoisotopic (exact) mass is 301 g/mol. The number of carbonyl (C=O) groups is 1. The van der Waals surface area contributed by atoms with Gasteiger partial charge in [0.05, 0.1) is 17.2 Å². The minimum absolute atomic E-state index is 0.0165. The maximum atomic E-state index is 12.1. The third-order valence-corrected chi connectivity index (χ3v) is 4.71. The number of thiazole rings is 1. The Balaban J connectivity index is 1.70. The van der Waals surface area contributed by atoms with Gasteiger partial charge in [-0.2, -0.15) is 0 Å². The van der Waals surface area contributed by atoms with Crippen molar-refractivity contribution < 1.29 is 4.79 Å². The van der Waals surface area contributed by atoms with Crippen molar-refractivity contribution in [3.8, 4) is 0 Å². The van der Waals surface area contributed by atoms with Crippen molar-refractivity contribution in [1.29, 1.82) is 0 Å². The number of rotatable bonds is 5. The SMILES string of the molecule is Cc1ncsc1C(C)Nc1cccc(C(=O)NC2CC2)c1. The van der Waals surface area contributed by atoms with Crippen LogP contribution in [0.15, 0.2) is 29.8 Å². The van der Waals surface area contributed by atoms with Gasteiger partial charge in [0.15, 0.2) is 0 Å². The molecule has 1 aromatic heterocycles. The van der Waals surface area contributed by atoms with E-state index in [0.717, 1.165) is 24.2 Å². The lowest BCUT2D eigenvalue weighted by Crippen LogP contribution is -2.25. The number of carbonyl (C=O) groups excluding carboxylic acids is 1. The van der Waals surface area contributed by atoms with Crippen LogP contribution in [0.4, 0.5) is 5.69 Å². The highest BCUT2D eigenvalue weighted by Crippen LogP contribution is 2.26. The molecule has 4 nitrogen and oxygen atoms in total. The number of hydrogen-bond donors (Lipinski definition) is 2. The number of aromatic nitrogens is 1. The summed E-state index contributed by atoms with van der Waals surface area (Å²) in [6, 6.07) is 8.22. The number of anilines is 1. The van der Waals surface area contributed by atoms with E-state index in [9.17, 15) is 4.79 Å². The Labute approximate surface area is 128 Å². The van der Waals surface area contributed by atoms with Gasteiger partial charge in [-0.1, -0.05) is 6.07 Å². The van der Waals surface area contributed by atoms with E-state index in [1.807, 2.05) is 36.7 Å². The van der Waals surface area contributed by atoms with E-state index in [4.69, 9.17) is 0 Å². The molecule has 1 saturated carbocycles. The number of aryl methyl sites for hydroxylation is 1. The van der Waals surface area contributed by atoms with Gasteiger partial charge in [-0.15, -0.1) is 11.3 Å². The maximum absolute atomic E-state index is 12.1. The van der Waals surface area contributed by atoms with E-state index in [2.05, 4.69) is 22.5 Å². The Morgan fingerprint density at radius 2 is 2.24 bits per heavy atom. The van der Waals surface area contributed by atoms with Crippen molar-refractivity contribution >= 4 is 22.9 Å². The van der Waals surface area contributed by atoms with Crippen molar-refractivity contribution in [2.45, 2.75) is 38.8 Å². The van der Waals surface area contributed by atoms with E-state index in [1.165, 1.54) is 4.88 Å².